The number of rotatable bonds is 0. The van der Waals surface area contributed by atoms with Crippen LogP contribution < -0.4 is 10.6 Å². The Labute approximate surface area is 54.8 Å². The highest BCUT2D eigenvalue weighted by molar-refractivity contribution is 5.75. The highest BCUT2D eigenvalue weighted by Gasteiger charge is 2.23. The molecule has 1 fully saturated rings. The summed E-state index contributed by atoms with van der Waals surface area (Å²) in [6.07, 6.45) is 0.999. The number of carbonyl (C=O) groups is 1. The SMILES string of the molecule is CC1(C)CCNC(=O)N1. The summed E-state index contributed by atoms with van der Waals surface area (Å²) < 4.78 is 0. The summed E-state index contributed by atoms with van der Waals surface area (Å²) in [5.41, 5.74) is -0.0116. The van der Waals surface area contributed by atoms with E-state index in [0.717, 1.165) is 13.0 Å². The second-order valence-corrected chi connectivity index (χ2v) is 3.01. The predicted molar refractivity (Wildman–Crippen MR) is 35.2 cm³/mol. The van der Waals surface area contributed by atoms with Crippen LogP contribution in [0.1, 0.15) is 20.3 Å². The molecule has 0 aromatic carbocycles. The van der Waals surface area contributed by atoms with Gasteiger partial charge in [-0.1, -0.05) is 0 Å². The van der Waals surface area contributed by atoms with Crippen molar-refractivity contribution in [3.63, 3.8) is 0 Å². The zero-order valence-corrected chi connectivity index (χ0v) is 5.82. The van der Waals surface area contributed by atoms with Gasteiger partial charge in [0.25, 0.3) is 0 Å². The first-order valence-corrected chi connectivity index (χ1v) is 3.16. The van der Waals surface area contributed by atoms with Crippen molar-refractivity contribution in [2.24, 2.45) is 0 Å². The Kier molecular flexibility index (Phi) is 1.35. The van der Waals surface area contributed by atoms with Gasteiger partial charge in [0.15, 0.2) is 0 Å². The largest absolute Gasteiger partial charge is 0.338 e. The maximum absolute atomic E-state index is 10.7. The standard InChI is InChI=1S/C6H12N2O/c1-6(2)3-4-7-5(9)8-6/h3-4H2,1-2H3,(H2,7,8,9). The van der Waals surface area contributed by atoms with E-state index in [4.69, 9.17) is 0 Å². The Balaban J connectivity index is 2.51. The van der Waals surface area contributed by atoms with E-state index in [2.05, 4.69) is 10.6 Å². The molecule has 3 heteroatoms. The van der Waals surface area contributed by atoms with Gasteiger partial charge in [-0.2, -0.15) is 0 Å². The van der Waals surface area contributed by atoms with Gasteiger partial charge in [0.05, 0.1) is 0 Å². The number of amides is 2. The first kappa shape index (κ1) is 6.39. The van der Waals surface area contributed by atoms with E-state index in [1.165, 1.54) is 0 Å². The maximum atomic E-state index is 10.7. The predicted octanol–water partition coefficient (Wildman–Crippen LogP) is 0.468. The average Bonchev–Trinajstić information content (AvgIpc) is 1.60. The number of hydrogen-bond acceptors (Lipinski definition) is 1. The molecule has 0 aromatic heterocycles. The van der Waals surface area contributed by atoms with Crippen molar-refractivity contribution in [1.82, 2.24) is 10.6 Å². The van der Waals surface area contributed by atoms with Gasteiger partial charge < -0.3 is 10.6 Å². The second kappa shape index (κ2) is 1.90. The minimum Gasteiger partial charge on any atom is -0.338 e. The molecule has 1 aliphatic rings. The Hall–Kier alpha value is -0.730. The number of carbonyl (C=O) groups excluding carboxylic acids is 1. The lowest BCUT2D eigenvalue weighted by Crippen LogP contribution is -2.54. The summed E-state index contributed by atoms with van der Waals surface area (Å²) in [4.78, 5) is 10.7. The highest BCUT2D eigenvalue weighted by Crippen LogP contribution is 2.09. The van der Waals surface area contributed by atoms with Gasteiger partial charge in [0, 0.05) is 12.1 Å². The van der Waals surface area contributed by atoms with Crippen molar-refractivity contribution in [3.05, 3.63) is 0 Å². The lowest BCUT2D eigenvalue weighted by Gasteiger charge is -2.30. The molecule has 0 spiro atoms. The van der Waals surface area contributed by atoms with Crippen LogP contribution in [0, 0.1) is 0 Å². The van der Waals surface area contributed by atoms with Crippen LogP contribution in [0.4, 0.5) is 4.79 Å². The fraction of sp³-hybridized carbons (Fsp3) is 0.833. The molecule has 0 bridgehead atoms. The maximum Gasteiger partial charge on any atom is 0.315 e. The third-order valence-electron chi connectivity index (χ3n) is 1.49. The third-order valence-corrected chi connectivity index (χ3v) is 1.49. The summed E-state index contributed by atoms with van der Waals surface area (Å²) in [7, 11) is 0. The Bertz CT molecular complexity index is 131. The van der Waals surface area contributed by atoms with E-state index in [9.17, 15) is 4.79 Å². The smallest absolute Gasteiger partial charge is 0.315 e. The molecule has 9 heavy (non-hydrogen) atoms. The van der Waals surface area contributed by atoms with E-state index in [0.29, 0.717) is 0 Å². The molecule has 52 valence electrons. The van der Waals surface area contributed by atoms with Crippen LogP contribution in [0.2, 0.25) is 0 Å². The molecule has 0 radical (unpaired) electrons. The molecule has 0 unspecified atom stereocenters. The van der Waals surface area contributed by atoms with Gasteiger partial charge in [-0.15, -0.1) is 0 Å². The van der Waals surface area contributed by atoms with Crippen molar-refractivity contribution < 1.29 is 4.79 Å². The van der Waals surface area contributed by atoms with Gasteiger partial charge in [-0.05, 0) is 20.3 Å². The second-order valence-electron chi connectivity index (χ2n) is 3.01. The summed E-state index contributed by atoms with van der Waals surface area (Å²) in [5.74, 6) is 0. The molecule has 1 aliphatic heterocycles. The van der Waals surface area contributed by atoms with E-state index < -0.39 is 0 Å². The Morgan fingerprint density at radius 2 is 2.22 bits per heavy atom. The molecule has 1 rings (SSSR count). The Morgan fingerprint density at radius 3 is 2.56 bits per heavy atom. The van der Waals surface area contributed by atoms with Crippen molar-refractivity contribution in [2.45, 2.75) is 25.8 Å². The van der Waals surface area contributed by atoms with E-state index >= 15 is 0 Å². The van der Waals surface area contributed by atoms with Crippen LogP contribution >= 0.6 is 0 Å². The normalized spacial score (nSPS) is 24.4. The van der Waals surface area contributed by atoms with Crippen LogP contribution in [0.15, 0.2) is 0 Å². The molecule has 0 aromatic rings. The molecule has 3 nitrogen and oxygen atoms in total. The third kappa shape index (κ3) is 1.59. The fourth-order valence-electron chi connectivity index (χ4n) is 0.903. The molecule has 1 heterocycles. The van der Waals surface area contributed by atoms with Crippen LogP contribution in [0.5, 0.6) is 0 Å². The van der Waals surface area contributed by atoms with Crippen molar-refractivity contribution in [1.29, 1.82) is 0 Å². The molecular formula is C6H12N2O. The first-order chi connectivity index (χ1) is 4.10. The zero-order valence-electron chi connectivity index (χ0n) is 5.82. The van der Waals surface area contributed by atoms with Crippen LogP contribution in [0.25, 0.3) is 0 Å². The molecule has 0 saturated carbocycles. The summed E-state index contributed by atoms with van der Waals surface area (Å²) in [6.45, 7) is 4.83. The quantitative estimate of drug-likeness (QED) is 0.489. The average molecular weight is 128 g/mol. The van der Waals surface area contributed by atoms with Gasteiger partial charge in [0.1, 0.15) is 0 Å². The summed E-state index contributed by atoms with van der Waals surface area (Å²) in [5, 5.41) is 5.49. The first-order valence-electron chi connectivity index (χ1n) is 3.16. The van der Waals surface area contributed by atoms with Crippen LogP contribution in [-0.2, 0) is 0 Å². The molecule has 0 aliphatic carbocycles. The molecule has 2 amide bonds. The number of urea groups is 1. The highest BCUT2D eigenvalue weighted by atomic mass is 16.2. The van der Waals surface area contributed by atoms with Gasteiger partial charge in [-0.3, -0.25) is 0 Å². The summed E-state index contributed by atoms with van der Waals surface area (Å²) >= 11 is 0. The molecule has 1 saturated heterocycles. The van der Waals surface area contributed by atoms with Crippen molar-refractivity contribution in [2.75, 3.05) is 6.54 Å². The van der Waals surface area contributed by atoms with E-state index in [1.807, 2.05) is 13.8 Å². The van der Waals surface area contributed by atoms with E-state index in [-0.39, 0.29) is 11.6 Å². The minimum absolute atomic E-state index is 0.0116. The van der Waals surface area contributed by atoms with Gasteiger partial charge in [-0.25, -0.2) is 4.79 Å². The topological polar surface area (TPSA) is 41.1 Å². The summed E-state index contributed by atoms with van der Waals surface area (Å²) in [6, 6.07) is -0.0498. The molecule has 0 atom stereocenters. The van der Waals surface area contributed by atoms with Crippen molar-refractivity contribution >= 4 is 6.03 Å². The van der Waals surface area contributed by atoms with Gasteiger partial charge >= 0.3 is 6.03 Å². The Morgan fingerprint density at radius 1 is 1.56 bits per heavy atom. The van der Waals surface area contributed by atoms with Crippen molar-refractivity contribution in [3.8, 4) is 0 Å². The van der Waals surface area contributed by atoms with E-state index in [1.54, 1.807) is 0 Å². The molecular weight excluding hydrogens is 116 g/mol. The van der Waals surface area contributed by atoms with Gasteiger partial charge in [0.2, 0.25) is 0 Å². The number of nitrogens with one attached hydrogen (secondary N) is 2. The van der Waals surface area contributed by atoms with Crippen LogP contribution in [0.3, 0.4) is 0 Å². The fourth-order valence-corrected chi connectivity index (χ4v) is 0.903. The number of hydrogen-bond donors (Lipinski definition) is 2. The zero-order chi connectivity index (χ0) is 6.91. The van der Waals surface area contributed by atoms with Crippen LogP contribution in [-0.4, -0.2) is 18.1 Å². The monoisotopic (exact) mass is 128 g/mol. The molecule has 2 N–H and O–H groups in total. The lowest BCUT2D eigenvalue weighted by molar-refractivity contribution is 0.216. The minimum atomic E-state index is -0.0498. The lowest BCUT2D eigenvalue weighted by atomic mass is 10.00.